The molecule has 0 spiro atoms. The number of Topliss-reactive ketones (excluding diaryl/α,β-unsaturated/α-hetero) is 1. The van der Waals surface area contributed by atoms with Crippen LogP contribution < -0.4 is 0 Å². The molecule has 1 aliphatic rings. The van der Waals surface area contributed by atoms with Crippen LogP contribution in [0.3, 0.4) is 0 Å². The van der Waals surface area contributed by atoms with Crippen LogP contribution in [0.25, 0.3) is 5.76 Å². The van der Waals surface area contributed by atoms with Crippen LogP contribution in [0, 0.1) is 0 Å². The first-order valence-corrected chi connectivity index (χ1v) is 7.30. The molecule has 0 amide bonds. The van der Waals surface area contributed by atoms with E-state index in [1.54, 1.807) is 50.2 Å². The number of carbonyl (C=O) groups excluding carboxylic acids is 2. The van der Waals surface area contributed by atoms with Gasteiger partial charge in [0.25, 0.3) is 0 Å². The lowest BCUT2D eigenvalue weighted by Gasteiger charge is -2.33. The minimum absolute atomic E-state index is 0.0817. The van der Waals surface area contributed by atoms with Crippen LogP contribution in [0.1, 0.15) is 29.8 Å². The van der Waals surface area contributed by atoms with Gasteiger partial charge in [-0.1, -0.05) is 60.7 Å². The first-order chi connectivity index (χ1) is 11.0. The third kappa shape index (κ3) is 3.01. The fourth-order valence-electron chi connectivity index (χ4n) is 2.41. The van der Waals surface area contributed by atoms with Gasteiger partial charge in [0.2, 0.25) is 11.6 Å². The van der Waals surface area contributed by atoms with E-state index >= 15 is 0 Å². The van der Waals surface area contributed by atoms with Crippen LogP contribution in [0.5, 0.6) is 0 Å². The molecule has 0 radical (unpaired) electrons. The Balaban J connectivity index is 2.16. The maximum atomic E-state index is 12.8. The third-order valence-corrected chi connectivity index (χ3v) is 3.42. The van der Waals surface area contributed by atoms with Gasteiger partial charge in [-0.2, -0.15) is 0 Å². The summed E-state index contributed by atoms with van der Waals surface area (Å²) in [5, 5.41) is 0. The number of esters is 1. The first-order valence-electron chi connectivity index (χ1n) is 7.30. The van der Waals surface area contributed by atoms with E-state index in [9.17, 15) is 9.59 Å². The Bertz CT molecular complexity index is 774. The van der Waals surface area contributed by atoms with E-state index in [1.807, 2.05) is 24.3 Å². The zero-order chi connectivity index (χ0) is 16.4. The standard InChI is InChI=1S/C19H16O4/c1-19(2)22-17(14-11-7-4-8-12-14)15(18(21)23-19)16(20)13-9-5-3-6-10-13/h3-12H,1-2H3. The molecule has 0 aromatic heterocycles. The van der Waals surface area contributed by atoms with E-state index in [4.69, 9.17) is 9.47 Å². The summed E-state index contributed by atoms with van der Waals surface area (Å²) >= 11 is 0. The molecule has 116 valence electrons. The van der Waals surface area contributed by atoms with Crippen molar-refractivity contribution in [1.29, 1.82) is 0 Å². The van der Waals surface area contributed by atoms with Gasteiger partial charge in [-0.05, 0) is 0 Å². The summed E-state index contributed by atoms with van der Waals surface area (Å²) in [6, 6.07) is 17.7. The molecule has 2 aromatic carbocycles. The van der Waals surface area contributed by atoms with E-state index < -0.39 is 17.5 Å². The van der Waals surface area contributed by atoms with Crippen LogP contribution in [0.4, 0.5) is 0 Å². The molecule has 2 aromatic rings. The maximum absolute atomic E-state index is 12.8. The molecule has 23 heavy (non-hydrogen) atoms. The molecule has 1 heterocycles. The summed E-state index contributed by atoms with van der Waals surface area (Å²) in [6.07, 6.45) is 0. The predicted molar refractivity (Wildman–Crippen MR) is 85.4 cm³/mol. The molecule has 0 saturated heterocycles. The topological polar surface area (TPSA) is 52.6 Å². The van der Waals surface area contributed by atoms with E-state index in [0.29, 0.717) is 11.1 Å². The van der Waals surface area contributed by atoms with Gasteiger partial charge in [0.1, 0.15) is 5.76 Å². The van der Waals surface area contributed by atoms with Crippen LogP contribution in [-0.4, -0.2) is 17.5 Å². The summed E-state index contributed by atoms with van der Waals surface area (Å²) < 4.78 is 11.0. The smallest absolute Gasteiger partial charge is 0.349 e. The van der Waals surface area contributed by atoms with Gasteiger partial charge in [-0.15, -0.1) is 0 Å². The van der Waals surface area contributed by atoms with Gasteiger partial charge in [-0.25, -0.2) is 4.79 Å². The Morgan fingerprint density at radius 2 is 1.43 bits per heavy atom. The summed E-state index contributed by atoms with van der Waals surface area (Å²) in [5.74, 6) is -1.96. The molecule has 0 bridgehead atoms. The van der Waals surface area contributed by atoms with Crippen molar-refractivity contribution in [2.24, 2.45) is 0 Å². The lowest BCUT2D eigenvalue weighted by atomic mass is 9.98. The molecular formula is C19H16O4. The second-order valence-electron chi connectivity index (χ2n) is 5.66. The highest BCUT2D eigenvalue weighted by molar-refractivity contribution is 6.28. The number of benzene rings is 2. The average molecular weight is 308 g/mol. The van der Waals surface area contributed by atoms with Crippen LogP contribution in [0.15, 0.2) is 66.2 Å². The molecular weight excluding hydrogens is 292 g/mol. The van der Waals surface area contributed by atoms with Crippen molar-refractivity contribution in [3.63, 3.8) is 0 Å². The van der Waals surface area contributed by atoms with E-state index in [2.05, 4.69) is 0 Å². The summed E-state index contributed by atoms with van der Waals surface area (Å²) in [4.78, 5) is 25.2. The zero-order valence-corrected chi connectivity index (χ0v) is 12.9. The number of ether oxygens (including phenoxy) is 2. The van der Waals surface area contributed by atoms with Crippen molar-refractivity contribution in [2.75, 3.05) is 0 Å². The van der Waals surface area contributed by atoms with Gasteiger partial charge in [-0.3, -0.25) is 4.79 Å². The molecule has 0 fully saturated rings. The van der Waals surface area contributed by atoms with Crippen molar-refractivity contribution >= 4 is 17.5 Å². The number of rotatable bonds is 3. The Hall–Kier alpha value is -2.88. The second kappa shape index (κ2) is 5.72. The number of hydrogen-bond donors (Lipinski definition) is 0. The lowest BCUT2D eigenvalue weighted by Crippen LogP contribution is -2.38. The van der Waals surface area contributed by atoms with Crippen LogP contribution in [-0.2, 0) is 14.3 Å². The molecule has 0 unspecified atom stereocenters. The van der Waals surface area contributed by atoms with Crippen molar-refractivity contribution in [2.45, 2.75) is 19.6 Å². The minimum atomic E-state index is -1.12. The van der Waals surface area contributed by atoms with Crippen molar-refractivity contribution in [3.05, 3.63) is 77.4 Å². The largest absolute Gasteiger partial charge is 0.451 e. The number of hydrogen-bond acceptors (Lipinski definition) is 4. The maximum Gasteiger partial charge on any atom is 0.349 e. The van der Waals surface area contributed by atoms with E-state index in [-0.39, 0.29) is 11.3 Å². The Labute approximate surface area is 134 Å². The Morgan fingerprint density at radius 3 is 2.04 bits per heavy atom. The molecule has 4 nitrogen and oxygen atoms in total. The molecule has 0 saturated carbocycles. The Morgan fingerprint density at radius 1 is 0.870 bits per heavy atom. The summed E-state index contributed by atoms with van der Waals surface area (Å²) in [6.45, 7) is 3.27. The Kier molecular flexibility index (Phi) is 3.74. The quantitative estimate of drug-likeness (QED) is 0.494. The SMILES string of the molecule is CC1(C)OC(=O)C(C(=O)c2ccccc2)=C(c2ccccc2)O1. The highest BCUT2D eigenvalue weighted by Crippen LogP contribution is 2.34. The molecule has 3 rings (SSSR count). The molecule has 1 aliphatic heterocycles. The fourth-order valence-corrected chi connectivity index (χ4v) is 2.41. The van der Waals surface area contributed by atoms with Gasteiger partial charge in [0.05, 0.1) is 0 Å². The second-order valence-corrected chi connectivity index (χ2v) is 5.66. The van der Waals surface area contributed by atoms with Crippen molar-refractivity contribution in [1.82, 2.24) is 0 Å². The molecule has 4 heteroatoms. The van der Waals surface area contributed by atoms with Crippen LogP contribution in [0.2, 0.25) is 0 Å². The van der Waals surface area contributed by atoms with E-state index in [0.717, 1.165) is 0 Å². The number of ketones is 1. The highest BCUT2D eigenvalue weighted by Gasteiger charge is 2.39. The predicted octanol–water partition coefficient (Wildman–Crippen LogP) is 3.59. The summed E-state index contributed by atoms with van der Waals surface area (Å²) in [7, 11) is 0. The van der Waals surface area contributed by atoms with Gasteiger partial charge >= 0.3 is 5.97 Å². The van der Waals surface area contributed by atoms with Crippen molar-refractivity contribution in [3.8, 4) is 0 Å². The van der Waals surface area contributed by atoms with Gasteiger partial charge < -0.3 is 9.47 Å². The van der Waals surface area contributed by atoms with E-state index in [1.165, 1.54) is 0 Å². The normalized spacial score (nSPS) is 16.5. The third-order valence-electron chi connectivity index (χ3n) is 3.42. The van der Waals surface area contributed by atoms with Crippen LogP contribution >= 0.6 is 0 Å². The number of cyclic esters (lactones) is 1. The molecule has 0 atom stereocenters. The van der Waals surface area contributed by atoms with Gasteiger partial charge in [0.15, 0.2) is 5.57 Å². The molecule has 0 N–H and O–H groups in total. The highest BCUT2D eigenvalue weighted by atomic mass is 16.7. The average Bonchev–Trinajstić information content (AvgIpc) is 2.54. The fraction of sp³-hybridized carbons (Fsp3) is 0.158. The van der Waals surface area contributed by atoms with Crippen molar-refractivity contribution < 1.29 is 19.1 Å². The molecule has 0 aliphatic carbocycles. The first kappa shape index (κ1) is 15.0. The zero-order valence-electron chi connectivity index (χ0n) is 12.9. The van der Waals surface area contributed by atoms with Gasteiger partial charge in [0, 0.05) is 25.0 Å². The summed E-state index contributed by atoms with van der Waals surface area (Å²) in [5.41, 5.74) is 0.995. The number of carbonyl (C=O) groups is 2. The lowest BCUT2D eigenvalue weighted by molar-refractivity contribution is -0.194. The minimum Gasteiger partial charge on any atom is -0.451 e. The monoisotopic (exact) mass is 308 g/mol.